The Labute approximate surface area is 89.2 Å². The predicted molar refractivity (Wildman–Crippen MR) is 63.6 cm³/mol. The van der Waals surface area contributed by atoms with Gasteiger partial charge in [-0.2, -0.15) is 0 Å². The van der Waals surface area contributed by atoms with Crippen LogP contribution in [0.15, 0.2) is 0 Å². The molecule has 0 aliphatic carbocycles. The highest BCUT2D eigenvalue weighted by Gasteiger charge is 2.10. The smallest absolute Gasteiger partial charge is 0.0102 e. The van der Waals surface area contributed by atoms with Crippen LogP contribution in [0.2, 0.25) is 0 Å². The van der Waals surface area contributed by atoms with E-state index in [-0.39, 0.29) is 0 Å². The summed E-state index contributed by atoms with van der Waals surface area (Å²) in [5.74, 6) is 0. The molecular formula is C11H27N3. The first-order valence-electron chi connectivity index (χ1n) is 5.66. The maximum Gasteiger partial charge on any atom is 0.0102 e. The molecule has 3 heteroatoms. The summed E-state index contributed by atoms with van der Waals surface area (Å²) in [6.45, 7) is 5.39. The van der Waals surface area contributed by atoms with Gasteiger partial charge in [0.05, 0.1) is 0 Å². The minimum Gasteiger partial charge on any atom is -0.330 e. The molecule has 0 aliphatic rings. The minimum absolute atomic E-state index is 0.669. The summed E-state index contributed by atoms with van der Waals surface area (Å²) in [5, 5.41) is 0. The van der Waals surface area contributed by atoms with Crippen LogP contribution in [-0.4, -0.2) is 56.6 Å². The van der Waals surface area contributed by atoms with Crippen LogP contribution in [-0.2, 0) is 0 Å². The average molecular weight is 201 g/mol. The number of nitrogens with zero attached hydrogens (tertiary/aromatic N) is 2. The molecule has 0 aromatic carbocycles. The second-order valence-corrected chi connectivity index (χ2v) is 4.28. The van der Waals surface area contributed by atoms with E-state index in [2.05, 4.69) is 37.9 Å². The molecule has 14 heavy (non-hydrogen) atoms. The molecule has 0 saturated heterocycles. The van der Waals surface area contributed by atoms with E-state index in [0.717, 1.165) is 13.0 Å². The van der Waals surface area contributed by atoms with Crippen LogP contribution < -0.4 is 5.73 Å². The average Bonchev–Trinajstić information content (AvgIpc) is 2.13. The molecular weight excluding hydrogens is 174 g/mol. The van der Waals surface area contributed by atoms with Gasteiger partial charge in [-0.1, -0.05) is 6.92 Å². The number of rotatable bonds is 8. The zero-order valence-electron chi connectivity index (χ0n) is 10.3. The third-order valence-electron chi connectivity index (χ3n) is 2.71. The second-order valence-electron chi connectivity index (χ2n) is 4.28. The topological polar surface area (TPSA) is 32.5 Å². The Balaban J connectivity index is 3.63. The van der Waals surface area contributed by atoms with Crippen molar-refractivity contribution >= 4 is 0 Å². The normalized spacial score (nSPS) is 13.9. The van der Waals surface area contributed by atoms with Crippen molar-refractivity contribution in [2.75, 3.05) is 40.8 Å². The van der Waals surface area contributed by atoms with Crippen LogP contribution in [0.5, 0.6) is 0 Å². The van der Waals surface area contributed by atoms with E-state index in [1.54, 1.807) is 0 Å². The summed E-state index contributed by atoms with van der Waals surface area (Å²) >= 11 is 0. The molecule has 0 amide bonds. The Morgan fingerprint density at radius 1 is 1.14 bits per heavy atom. The first kappa shape index (κ1) is 13.9. The quantitative estimate of drug-likeness (QED) is 0.636. The summed E-state index contributed by atoms with van der Waals surface area (Å²) in [4.78, 5) is 4.67. The third kappa shape index (κ3) is 6.35. The van der Waals surface area contributed by atoms with E-state index < -0.39 is 0 Å². The van der Waals surface area contributed by atoms with Gasteiger partial charge < -0.3 is 15.5 Å². The second kappa shape index (κ2) is 8.21. The summed E-state index contributed by atoms with van der Waals surface area (Å²) in [6, 6.07) is 0.669. The van der Waals surface area contributed by atoms with Crippen LogP contribution in [0, 0.1) is 0 Å². The first-order valence-corrected chi connectivity index (χ1v) is 5.66. The lowest BCUT2D eigenvalue weighted by atomic mass is 10.1. The van der Waals surface area contributed by atoms with Crippen LogP contribution in [0.25, 0.3) is 0 Å². The molecule has 0 spiro atoms. The molecule has 0 rings (SSSR count). The minimum atomic E-state index is 0.669. The predicted octanol–water partition coefficient (Wildman–Crippen LogP) is 0.997. The van der Waals surface area contributed by atoms with Crippen molar-refractivity contribution in [2.24, 2.45) is 5.73 Å². The SMILES string of the molecule is CCC(CCN)N(C)CCCN(C)C. The fraction of sp³-hybridized carbons (Fsp3) is 1.00. The lowest BCUT2D eigenvalue weighted by molar-refractivity contribution is 0.215. The van der Waals surface area contributed by atoms with Gasteiger partial charge >= 0.3 is 0 Å². The molecule has 0 heterocycles. The highest BCUT2D eigenvalue weighted by molar-refractivity contribution is 4.67. The van der Waals surface area contributed by atoms with Gasteiger partial charge in [-0.25, -0.2) is 0 Å². The van der Waals surface area contributed by atoms with E-state index in [1.165, 1.54) is 25.9 Å². The van der Waals surface area contributed by atoms with Gasteiger partial charge in [0.15, 0.2) is 0 Å². The zero-order chi connectivity index (χ0) is 11.0. The van der Waals surface area contributed by atoms with Gasteiger partial charge in [-0.15, -0.1) is 0 Å². The standard InChI is InChI=1S/C11H27N3/c1-5-11(7-8-12)14(4)10-6-9-13(2)3/h11H,5-10,12H2,1-4H3. The maximum atomic E-state index is 5.58. The first-order chi connectivity index (χ1) is 6.61. The van der Waals surface area contributed by atoms with Crippen LogP contribution in [0.4, 0.5) is 0 Å². The Bertz CT molecular complexity index is 126. The van der Waals surface area contributed by atoms with Crippen molar-refractivity contribution in [3.63, 3.8) is 0 Å². The molecule has 0 fully saturated rings. The Kier molecular flexibility index (Phi) is 8.14. The fourth-order valence-electron chi connectivity index (χ4n) is 1.75. The molecule has 1 atom stereocenters. The van der Waals surface area contributed by atoms with Gasteiger partial charge in [-0.05, 0) is 60.0 Å². The van der Waals surface area contributed by atoms with Gasteiger partial charge in [0.1, 0.15) is 0 Å². The van der Waals surface area contributed by atoms with Crippen molar-refractivity contribution in [1.82, 2.24) is 9.80 Å². The Morgan fingerprint density at radius 2 is 1.79 bits per heavy atom. The third-order valence-corrected chi connectivity index (χ3v) is 2.71. The molecule has 1 unspecified atom stereocenters. The molecule has 0 aliphatic heterocycles. The summed E-state index contributed by atoms with van der Waals surface area (Å²) in [5.41, 5.74) is 5.58. The van der Waals surface area contributed by atoms with Gasteiger partial charge in [0.25, 0.3) is 0 Å². The molecule has 86 valence electrons. The monoisotopic (exact) mass is 201 g/mol. The molecule has 0 saturated carbocycles. The van der Waals surface area contributed by atoms with E-state index in [9.17, 15) is 0 Å². The molecule has 3 nitrogen and oxygen atoms in total. The molecule has 0 aromatic rings. The fourth-order valence-corrected chi connectivity index (χ4v) is 1.75. The lowest BCUT2D eigenvalue weighted by Gasteiger charge is -2.27. The van der Waals surface area contributed by atoms with E-state index in [0.29, 0.717) is 6.04 Å². The Morgan fingerprint density at radius 3 is 2.21 bits per heavy atom. The van der Waals surface area contributed by atoms with Crippen molar-refractivity contribution in [1.29, 1.82) is 0 Å². The summed E-state index contributed by atoms with van der Waals surface area (Å²) < 4.78 is 0. The van der Waals surface area contributed by atoms with Gasteiger partial charge in [0.2, 0.25) is 0 Å². The molecule has 2 N–H and O–H groups in total. The van der Waals surface area contributed by atoms with Gasteiger partial charge in [-0.3, -0.25) is 0 Å². The van der Waals surface area contributed by atoms with E-state index >= 15 is 0 Å². The van der Waals surface area contributed by atoms with Crippen molar-refractivity contribution in [2.45, 2.75) is 32.2 Å². The number of hydrogen-bond acceptors (Lipinski definition) is 3. The van der Waals surface area contributed by atoms with Crippen molar-refractivity contribution in [3.8, 4) is 0 Å². The molecule has 0 aromatic heterocycles. The largest absolute Gasteiger partial charge is 0.330 e. The Hall–Kier alpha value is -0.120. The molecule has 0 bridgehead atoms. The van der Waals surface area contributed by atoms with Crippen LogP contribution in [0.1, 0.15) is 26.2 Å². The summed E-state index contributed by atoms with van der Waals surface area (Å²) in [6.07, 6.45) is 3.56. The van der Waals surface area contributed by atoms with E-state index in [4.69, 9.17) is 5.73 Å². The van der Waals surface area contributed by atoms with Crippen LogP contribution >= 0.6 is 0 Å². The van der Waals surface area contributed by atoms with Gasteiger partial charge in [0, 0.05) is 6.04 Å². The lowest BCUT2D eigenvalue weighted by Crippen LogP contribution is -2.34. The maximum absolute atomic E-state index is 5.58. The van der Waals surface area contributed by atoms with Crippen molar-refractivity contribution < 1.29 is 0 Å². The highest BCUT2D eigenvalue weighted by Crippen LogP contribution is 2.06. The zero-order valence-corrected chi connectivity index (χ0v) is 10.3. The van der Waals surface area contributed by atoms with Crippen LogP contribution in [0.3, 0.4) is 0 Å². The van der Waals surface area contributed by atoms with Crippen molar-refractivity contribution in [3.05, 3.63) is 0 Å². The highest BCUT2D eigenvalue weighted by atomic mass is 15.1. The van der Waals surface area contributed by atoms with E-state index in [1.807, 2.05) is 0 Å². The number of hydrogen-bond donors (Lipinski definition) is 1. The number of nitrogens with two attached hydrogens (primary N) is 1. The molecule has 0 radical (unpaired) electrons. The summed E-state index contributed by atoms with van der Waals surface area (Å²) in [7, 11) is 6.45.